The molecule has 1 aromatic rings. The van der Waals surface area contributed by atoms with Gasteiger partial charge < -0.3 is 15.4 Å². The number of pyridine rings is 1. The molecule has 2 N–H and O–H groups in total. The Morgan fingerprint density at radius 1 is 1.50 bits per heavy atom. The molecule has 0 saturated carbocycles. The smallest absolute Gasteiger partial charge is 0.333 e. The highest BCUT2D eigenvalue weighted by Gasteiger charge is 2.18. The third-order valence-corrected chi connectivity index (χ3v) is 2.84. The van der Waals surface area contributed by atoms with Gasteiger partial charge in [0.1, 0.15) is 11.8 Å². The molecule has 0 aliphatic carbocycles. The Morgan fingerprint density at radius 2 is 2.33 bits per heavy atom. The van der Waals surface area contributed by atoms with E-state index in [-0.39, 0.29) is 5.97 Å². The summed E-state index contributed by atoms with van der Waals surface area (Å²) in [6.45, 7) is 2.10. The molecule has 0 spiro atoms. The second-order valence-corrected chi connectivity index (χ2v) is 4.33. The summed E-state index contributed by atoms with van der Waals surface area (Å²) in [5, 5.41) is 0.461. The van der Waals surface area contributed by atoms with Crippen molar-refractivity contribution in [2.45, 2.75) is 6.54 Å². The summed E-state index contributed by atoms with van der Waals surface area (Å²) in [6, 6.07) is 3.64. The predicted molar refractivity (Wildman–Crippen MR) is 67.8 cm³/mol. The molecule has 5 nitrogen and oxygen atoms in total. The number of ether oxygens (including phenoxy) is 1. The first kappa shape index (κ1) is 12.9. The molecule has 2 heterocycles. The van der Waals surface area contributed by atoms with Crippen LogP contribution >= 0.6 is 11.6 Å². The Morgan fingerprint density at radius 3 is 2.89 bits per heavy atom. The fourth-order valence-corrected chi connectivity index (χ4v) is 1.86. The van der Waals surface area contributed by atoms with Crippen molar-refractivity contribution in [3.05, 3.63) is 40.8 Å². The molecule has 0 unspecified atom stereocenters. The van der Waals surface area contributed by atoms with E-state index in [0.717, 1.165) is 11.3 Å². The Kier molecular flexibility index (Phi) is 4.17. The van der Waals surface area contributed by atoms with Crippen molar-refractivity contribution in [3.8, 4) is 0 Å². The van der Waals surface area contributed by atoms with E-state index >= 15 is 0 Å². The van der Waals surface area contributed by atoms with Crippen LogP contribution in [0.25, 0.3) is 0 Å². The van der Waals surface area contributed by atoms with Gasteiger partial charge in [0.2, 0.25) is 0 Å². The van der Waals surface area contributed by atoms with Crippen molar-refractivity contribution in [2.24, 2.45) is 5.73 Å². The van der Waals surface area contributed by atoms with Gasteiger partial charge in [0.15, 0.2) is 0 Å². The van der Waals surface area contributed by atoms with E-state index in [1.807, 2.05) is 11.0 Å². The van der Waals surface area contributed by atoms with Gasteiger partial charge in [-0.3, -0.25) is 0 Å². The second-order valence-electron chi connectivity index (χ2n) is 3.94. The SMILES string of the molecule is NCCN(Cc1ccc(Cl)nc1)C1=CC(=O)OC1. The van der Waals surface area contributed by atoms with E-state index in [1.54, 1.807) is 12.3 Å². The monoisotopic (exact) mass is 267 g/mol. The zero-order valence-corrected chi connectivity index (χ0v) is 10.6. The van der Waals surface area contributed by atoms with Crippen LogP contribution in [0.3, 0.4) is 0 Å². The standard InChI is InChI=1S/C12H14ClN3O2/c13-11-2-1-9(6-15-11)7-16(4-3-14)10-5-12(17)18-8-10/h1-2,5-6H,3-4,7-8,14H2. The summed E-state index contributed by atoms with van der Waals surface area (Å²) in [7, 11) is 0. The van der Waals surface area contributed by atoms with Crippen LogP contribution in [-0.4, -0.2) is 35.5 Å². The van der Waals surface area contributed by atoms with Crippen molar-refractivity contribution in [2.75, 3.05) is 19.7 Å². The number of hydrogen-bond acceptors (Lipinski definition) is 5. The van der Waals surface area contributed by atoms with Crippen LogP contribution in [0.1, 0.15) is 5.56 Å². The maximum Gasteiger partial charge on any atom is 0.333 e. The molecule has 0 atom stereocenters. The fraction of sp³-hybridized carbons (Fsp3) is 0.333. The first-order chi connectivity index (χ1) is 8.69. The molecule has 0 aromatic carbocycles. The molecule has 0 amide bonds. The molecule has 18 heavy (non-hydrogen) atoms. The Balaban J connectivity index is 2.08. The first-order valence-corrected chi connectivity index (χ1v) is 5.99. The summed E-state index contributed by atoms with van der Waals surface area (Å²) in [4.78, 5) is 17.1. The van der Waals surface area contributed by atoms with Crippen LogP contribution in [0.4, 0.5) is 0 Å². The highest BCUT2D eigenvalue weighted by Crippen LogP contribution is 2.15. The molecule has 0 radical (unpaired) electrons. The van der Waals surface area contributed by atoms with Gasteiger partial charge in [-0.1, -0.05) is 17.7 Å². The summed E-state index contributed by atoms with van der Waals surface area (Å²) < 4.78 is 4.90. The largest absolute Gasteiger partial charge is 0.456 e. The van der Waals surface area contributed by atoms with Crippen LogP contribution in [0.15, 0.2) is 30.1 Å². The highest BCUT2D eigenvalue weighted by atomic mass is 35.5. The highest BCUT2D eigenvalue weighted by molar-refractivity contribution is 6.29. The molecule has 6 heteroatoms. The van der Waals surface area contributed by atoms with Gasteiger partial charge in [-0.25, -0.2) is 9.78 Å². The van der Waals surface area contributed by atoms with Crippen molar-refractivity contribution in [3.63, 3.8) is 0 Å². The minimum absolute atomic E-state index is 0.304. The van der Waals surface area contributed by atoms with Crippen LogP contribution < -0.4 is 5.73 Å². The minimum atomic E-state index is -0.304. The Hall–Kier alpha value is -1.59. The topological polar surface area (TPSA) is 68.5 Å². The van der Waals surface area contributed by atoms with E-state index in [0.29, 0.717) is 31.4 Å². The summed E-state index contributed by atoms with van der Waals surface area (Å²) in [5.41, 5.74) is 7.43. The molecule has 96 valence electrons. The van der Waals surface area contributed by atoms with Gasteiger partial charge >= 0.3 is 5.97 Å². The zero-order valence-electron chi connectivity index (χ0n) is 9.80. The molecule has 1 aliphatic rings. The third kappa shape index (κ3) is 3.21. The summed E-state index contributed by atoms with van der Waals surface area (Å²) >= 11 is 5.73. The number of carbonyl (C=O) groups excluding carboxylic acids is 1. The third-order valence-electron chi connectivity index (χ3n) is 2.61. The number of rotatable bonds is 5. The normalized spacial score (nSPS) is 14.3. The minimum Gasteiger partial charge on any atom is -0.456 e. The van der Waals surface area contributed by atoms with Crippen LogP contribution in [0, 0.1) is 0 Å². The average molecular weight is 268 g/mol. The molecule has 0 bridgehead atoms. The maximum atomic E-state index is 11.1. The molecule has 1 aromatic heterocycles. The van der Waals surface area contributed by atoms with Gasteiger partial charge in [0.25, 0.3) is 0 Å². The lowest BCUT2D eigenvalue weighted by Gasteiger charge is -2.24. The molecular formula is C12H14ClN3O2. The quantitative estimate of drug-likeness (QED) is 0.635. The van der Waals surface area contributed by atoms with Gasteiger partial charge in [-0.2, -0.15) is 0 Å². The maximum absolute atomic E-state index is 11.1. The van der Waals surface area contributed by atoms with Crippen molar-refractivity contribution >= 4 is 17.6 Å². The number of esters is 1. The van der Waals surface area contributed by atoms with E-state index in [4.69, 9.17) is 22.1 Å². The van der Waals surface area contributed by atoms with E-state index in [2.05, 4.69) is 4.98 Å². The van der Waals surface area contributed by atoms with Gasteiger partial charge in [-0.05, 0) is 11.6 Å². The first-order valence-electron chi connectivity index (χ1n) is 5.62. The Labute approximate surface area is 110 Å². The number of carbonyl (C=O) groups is 1. The number of hydrogen-bond donors (Lipinski definition) is 1. The van der Waals surface area contributed by atoms with Crippen molar-refractivity contribution in [1.82, 2.24) is 9.88 Å². The van der Waals surface area contributed by atoms with Gasteiger partial charge in [0.05, 0.1) is 5.70 Å². The van der Waals surface area contributed by atoms with E-state index in [9.17, 15) is 4.79 Å². The summed E-state index contributed by atoms with van der Waals surface area (Å²) in [5.74, 6) is -0.304. The number of nitrogens with two attached hydrogens (primary N) is 1. The lowest BCUT2D eigenvalue weighted by molar-refractivity contribution is -0.135. The number of nitrogens with zero attached hydrogens (tertiary/aromatic N) is 2. The van der Waals surface area contributed by atoms with E-state index in [1.165, 1.54) is 6.08 Å². The van der Waals surface area contributed by atoms with Crippen LogP contribution in [0.5, 0.6) is 0 Å². The molecule has 0 saturated heterocycles. The van der Waals surface area contributed by atoms with Crippen LogP contribution in [-0.2, 0) is 16.1 Å². The van der Waals surface area contributed by atoms with Gasteiger partial charge in [0, 0.05) is 31.9 Å². The van der Waals surface area contributed by atoms with Crippen molar-refractivity contribution in [1.29, 1.82) is 0 Å². The fourth-order valence-electron chi connectivity index (χ4n) is 1.75. The van der Waals surface area contributed by atoms with Crippen LogP contribution in [0.2, 0.25) is 5.15 Å². The second kappa shape index (κ2) is 5.84. The van der Waals surface area contributed by atoms with Crippen molar-refractivity contribution < 1.29 is 9.53 Å². The number of halogens is 1. The lowest BCUT2D eigenvalue weighted by Crippen LogP contribution is -2.29. The molecule has 0 fully saturated rings. The molecular weight excluding hydrogens is 254 g/mol. The average Bonchev–Trinajstić information content (AvgIpc) is 2.78. The lowest BCUT2D eigenvalue weighted by atomic mass is 10.2. The van der Waals surface area contributed by atoms with E-state index < -0.39 is 0 Å². The Bertz CT molecular complexity index is 459. The number of cyclic esters (lactones) is 1. The molecule has 1 aliphatic heterocycles. The van der Waals surface area contributed by atoms with Gasteiger partial charge in [-0.15, -0.1) is 0 Å². The molecule has 2 rings (SSSR count). The predicted octanol–water partition coefficient (Wildman–Crippen LogP) is 0.936. The number of aromatic nitrogens is 1. The zero-order chi connectivity index (χ0) is 13.0. The summed E-state index contributed by atoms with van der Waals surface area (Å²) in [6.07, 6.45) is 3.21.